The smallest absolute Gasteiger partial charge is 0.0106 e. The lowest BCUT2D eigenvalue weighted by Gasteiger charge is -2.14. The van der Waals surface area contributed by atoms with E-state index >= 15 is 0 Å². The van der Waals surface area contributed by atoms with Crippen LogP contribution in [0.2, 0.25) is 0 Å². The summed E-state index contributed by atoms with van der Waals surface area (Å²) in [5, 5.41) is 2.74. The minimum atomic E-state index is 1.36. The summed E-state index contributed by atoms with van der Waals surface area (Å²) in [6.07, 6.45) is 12.3. The highest BCUT2D eigenvalue weighted by Crippen LogP contribution is 2.30. The minimum absolute atomic E-state index is 1.36. The molecule has 0 bridgehead atoms. The van der Waals surface area contributed by atoms with Gasteiger partial charge in [-0.3, -0.25) is 0 Å². The Labute approximate surface area is 110 Å². The molecule has 2 aromatic rings. The number of aryl methyl sites for hydroxylation is 1. The molecule has 0 aromatic heterocycles. The third-order valence-corrected chi connectivity index (χ3v) is 3.48. The van der Waals surface area contributed by atoms with Crippen molar-refractivity contribution in [2.75, 3.05) is 0 Å². The van der Waals surface area contributed by atoms with E-state index in [0.29, 0.717) is 0 Å². The van der Waals surface area contributed by atoms with E-state index in [1.165, 1.54) is 33.0 Å². The molecule has 0 radical (unpaired) electrons. The summed E-state index contributed by atoms with van der Waals surface area (Å²) in [6, 6.07) is 8.65. The van der Waals surface area contributed by atoms with Crippen LogP contribution in [0.1, 0.15) is 29.2 Å². The molecule has 0 amide bonds. The second-order valence-corrected chi connectivity index (χ2v) is 4.33. The van der Waals surface area contributed by atoms with Gasteiger partial charge in [0.2, 0.25) is 0 Å². The third kappa shape index (κ3) is 2.31. The molecule has 0 N–H and O–H groups in total. The number of rotatable bonds is 1. The maximum Gasteiger partial charge on any atom is -0.0106 e. The van der Waals surface area contributed by atoms with Crippen LogP contribution in [0.25, 0.3) is 16.8 Å². The first-order valence-corrected chi connectivity index (χ1v) is 6.11. The second kappa shape index (κ2) is 6.07. The van der Waals surface area contributed by atoms with E-state index in [-0.39, 0.29) is 0 Å². The van der Waals surface area contributed by atoms with Crippen molar-refractivity contribution in [2.45, 2.75) is 27.7 Å². The average Bonchev–Trinajstić information content (AvgIpc) is 2.43. The highest BCUT2D eigenvalue weighted by Gasteiger charge is 2.08. The second-order valence-electron chi connectivity index (χ2n) is 4.33. The Hall–Kier alpha value is -2.00. The number of benzene rings is 2. The number of hydrogen-bond acceptors (Lipinski definition) is 0. The molecule has 0 saturated heterocycles. The summed E-state index contributed by atoms with van der Waals surface area (Å²) in [5.74, 6) is 0. The topological polar surface area (TPSA) is 0 Å². The first kappa shape index (κ1) is 14.1. The van der Waals surface area contributed by atoms with Crippen LogP contribution in [0.5, 0.6) is 0 Å². The van der Waals surface area contributed by atoms with Gasteiger partial charge in [0, 0.05) is 0 Å². The molecule has 0 aliphatic rings. The number of fused-ring (bicyclic) bond motifs is 1. The van der Waals surface area contributed by atoms with Gasteiger partial charge in [0.15, 0.2) is 0 Å². The van der Waals surface area contributed by atoms with Crippen LogP contribution in [0.3, 0.4) is 0 Å². The summed E-state index contributed by atoms with van der Waals surface area (Å²) >= 11 is 0. The summed E-state index contributed by atoms with van der Waals surface area (Å²) in [5.41, 5.74) is 5.57. The number of terminal acetylenes is 1. The lowest BCUT2D eigenvalue weighted by molar-refractivity contribution is 1.29. The lowest BCUT2D eigenvalue weighted by atomic mass is 9.91. The standard InChI is InChI=1S/C16H18.C2H2/c1-5-8-14-12(3)11(2)13(4)15-9-6-7-10-16(14)15;1-2/h5-10H,1-4H3;1-2H/b8-5-;. The molecule has 0 heterocycles. The quantitative estimate of drug-likeness (QED) is 0.608. The van der Waals surface area contributed by atoms with E-state index in [2.05, 4.69) is 77.0 Å². The van der Waals surface area contributed by atoms with Crippen molar-refractivity contribution in [3.63, 3.8) is 0 Å². The van der Waals surface area contributed by atoms with Crippen LogP contribution < -0.4 is 0 Å². The van der Waals surface area contributed by atoms with E-state index < -0.39 is 0 Å². The van der Waals surface area contributed by atoms with Gasteiger partial charge in [-0.25, -0.2) is 0 Å². The van der Waals surface area contributed by atoms with Crippen LogP contribution in [-0.4, -0.2) is 0 Å². The van der Waals surface area contributed by atoms with Crippen LogP contribution in [0.4, 0.5) is 0 Å². The van der Waals surface area contributed by atoms with Gasteiger partial charge in [0.25, 0.3) is 0 Å². The molecule has 0 saturated carbocycles. The van der Waals surface area contributed by atoms with E-state index in [0.717, 1.165) is 0 Å². The van der Waals surface area contributed by atoms with Crippen molar-refractivity contribution in [2.24, 2.45) is 0 Å². The molecular weight excluding hydrogens is 216 g/mol. The normalized spacial score (nSPS) is 10.3. The zero-order valence-electron chi connectivity index (χ0n) is 11.6. The first-order chi connectivity index (χ1) is 8.66. The van der Waals surface area contributed by atoms with Gasteiger partial charge in [-0.2, -0.15) is 0 Å². The first-order valence-electron chi connectivity index (χ1n) is 6.11. The van der Waals surface area contributed by atoms with Crippen molar-refractivity contribution >= 4 is 16.8 Å². The molecule has 0 fully saturated rings. The average molecular weight is 236 g/mol. The fourth-order valence-electron chi connectivity index (χ4n) is 2.31. The van der Waals surface area contributed by atoms with Crippen molar-refractivity contribution in [1.82, 2.24) is 0 Å². The fourth-order valence-corrected chi connectivity index (χ4v) is 2.31. The molecule has 92 valence electrons. The predicted octanol–water partition coefficient (Wildman–Crippen LogP) is 5.05. The Kier molecular flexibility index (Phi) is 4.75. The summed E-state index contributed by atoms with van der Waals surface area (Å²) < 4.78 is 0. The Morgan fingerprint density at radius 1 is 0.833 bits per heavy atom. The van der Waals surface area contributed by atoms with Gasteiger partial charge >= 0.3 is 0 Å². The van der Waals surface area contributed by atoms with Crippen molar-refractivity contribution in [1.29, 1.82) is 0 Å². The Balaban J connectivity index is 0.000000771. The van der Waals surface area contributed by atoms with Gasteiger partial charge in [-0.15, -0.1) is 12.8 Å². The maximum atomic E-state index is 4.00. The SMILES string of the molecule is C#C.C/C=C\c1c(C)c(C)c(C)c2ccccc12. The summed E-state index contributed by atoms with van der Waals surface area (Å²) in [7, 11) is 0. The molecule has 0 nitrogen and oxygen atoms in total. The molecule has 0 atom stereocenters. The van der Waals surface area contributed by atoms with E-state index in [4.69, 9.17) is 0 Å². The molecule has 0 aliphatic carbocycles. The zero-order chi connectivity index (χ0) is 13.7. The van der Waals surface area contributed by atoms with E-state index in [1.807, 2.05) is 0 Å². The zero-order valence-corrected chi connectivity index (χ0v) is 11.6. The molecule has 18 heavy (non-hydrogen) atoms. The molecule has 0 heteroatoms. The summed E-state index contributed by atoms with van der Waals surface area (Å²) in [6.45, 7) is 8.71. The third-order valence-electron chi connectivity index (χ3n) is 3.48. The molecule has 0 aliphatic heterocycles. The lowest BCUT2D eigenvalue weighted by Crippen LogP contribution is -1.93. The van der Waals surface area contributed by atoms with Gasteiger partial charge in [0.1, 0.15) is 0 Å². The highest BCUT2D eigenvalue weighted by molar-refractivity contribution is 5.95. The van der Waals surface area contributed by atoms with E-state index in [9.17, 15) is 0 Å². The van der Waals surface area contributed by atoms with Gasteiger partial charge < -0.3 is 0 Å². The van der Waals surface area contributed by atoms with Gasteiger partial charge in [0.05, 0.1) is 0 Å². The van der Waals surface area contributed by atoms with Crippen molar-refractivity contribution in [3.8, 4) is 12.8 Å². The molecular formula is C18H20. The van der Waals surface area contributed by atoms with Crippen LogP contribution in [0.15, 0.2) is 30.3 Å². The monoisotopic (exact) mass is 236 g/mol. The summed E-state index contributed by atoms with van der Waals surface area (Å²) in [4.78, 5) is 0. The van der Waals surface area contributed by atoms with Crippen molar-refractivity contribution < 1.29 is 0 Å². The van der Waals surface area contributed by atoms with Gasteiger partial charge in [-0.05, 0) is 60.7 Å². The van der Waals surface area contributed by atoms with Crippen LogP contribution in [0, 0.1) is 33.6 Å². The highest BCUT2D eigenvalue weighted by atomic mass is 14.1. The Morgan fingerprint density at radius 3 is 1.94 bits per heavy atom. The van der Waals surface area contributed by atoms with Gasteiger partial charge in [-0.1, -0.05) is 36.4 Å². The largest absolute Gasteiger partial charge is 0.124 e. The molecule has 0 unspecified atom stereocenters. The number of hydrogen-bond donors (Lipinski definition) is 0. The van der Waals surface area contributed by atoms with Crippen molar-refractivity contribution in [3.05, 3.63) is 52.6 Å². The fraction of sp³-hybridized carbons (Fsp3) is 0.222. The maximum absolute atomic E-state index is 4.00. The Morgan fingerprint density at radius 2 is 1.39 bits per heavy atom. The van der Waals surface area contributed by atoms with Crippen LogP contribution >= 0.6 is 0 Å². The predicted molar refractivity (Wildman–Crippen MR) is 82.8 cm³/mol. The Bertz CT molecular complexity index is 598. The molecule has 0 spiro atoms. The van der Waals surface area contributed by atoms with E-state index in [1.54, 1.807) is 0 Å². The molecule has 2 rings (SSSR count). The number of allylic oxidation sites excluding steroid dienone is 1. The van der Waals surface area contributed by atoms with Crippen LogP contribution in [-0.2, 0) is 0 Å². The minimum Gasteiger partial charge on any atom is -0.124 e. The molecule has 2 aromatic carbocycles.